The Balaban J connectivity index is 3.75. The van der Waals surface area contributed by atoms with E-state index in [1.54, 1.807) is 12.5 Å². The van der Waals surface area contributed by atoms with Crippen molar-refractivity contribution in [3.8, 4) is 0 Å². The second kappa shape index (κ2) is 5.56. The molecule has 10 heavy (non-hydrogen) atoms. The monoisotopic (exact) mass is 176 g/mol. The van der Waals surface area contributed by atoms with Crippen LogP contribution in [-0.2, 0) is 9.59 Å². The van der Waals surface area contributed by atoms with Crippen LogP contribution in [0.2, 0.25) is 0 Å². The molecule has 0 spiro atoms. The summed E-state index contributed by atoms with van der Waals surface area (Å²) in [6.45, 7) is 0. The van der Waals surface area contributed by atoms with Gasteiger partial charge in [-0.25, -0.2) is 0 Å². The number of hydrogen-bond donors (Lipinski definition) is 0. The van der Waals surface area contributed by atoms with E-state index in [0.717, 1.165) is 23.5 Å². The zero-order valence-corrected chi connectivity index (χ0v) is 7.42. The molecule has 0 aliphatic carbocycles. The summed E-state index contributed by atoms with van der Waals surface area (Å²) in [5, 5.41) is -0.190. The van der Waals surface area contributed by atoms with Gasteiger partial charge in [0.05, 0.1) is 0 Å². The molecule has 0 saturated heterocycles. The first-order chi connectivity index (χ1) is 4.70. The van der Waals surface area contributed by atoms with Gasteiger partial charge in [0, 0.05) is 0 Å². The molecule has 0 rings (SSSR count). The Morgan fingerprint density at radius 1 is 1.00 bits per heavy atom. The zero-order valence-electron chi connectivity index (χ0n) is 5.79. The molecule has 0 N–H and O–H groups in total. The van der Waals surface area contributed by atoms with Gasteiger partial charge in [0.2, 0.25) is 10.2 Å². The number of rotatable bonds is 2. The van der Waals surface area contributed by atoms with Crippen molar-refractivity contribution in [3.63, 3.8) is 0 Å². The molecule has 0 aliphatic rings. The Labute approximate surface area is 68.4 Å². The summed E-state index contributed by atoms with van der Waals surface area (Å²) in [5.74, 6) is 0. The molecule has 0 unspecified atom stereocenters. The van der Waals surface area contributed by atoms with Crippen molar-refractivity contribution in [2.75, 3.05) is 12.5 Å². The molecule has 56 valence electrons. The molecule has 0 amide bonds. The second-order valence-corrected chi connectivity index (χ2v) is 3.00. The molecule has 0 atom stereocenters. The van der Waals surface area contributed by atoms with Crippen molar-refractivity contribution < 1.29 is 9.59 Å². The van der Waals surface area contributed by atoms with Gasteiger partial charge < -0.3 is 0 Å². The normalized spacial score (nSPS) is 10.2. The standard InChI is InChI=1S/C6H8O2S2/c1-9-5(7)3-4-6(8)10-2/h3-4H,1-2H3/b4-3-. The van der Waals surface area contributed by atoms with Crippen LogP contribution in [0.15, 0.2) is 12.2 Å². The minimum absolute atomic E-state index is 0.0950. The quantitative estimate of drug-likeness (QED) is 0.594. The first-order valence-electron chi connectivity index (χ1n) is 2.54. The van der Waals surface area contributed by atoms with Gasteiger partial charge in [-0.1, -0.05) is 23.5 Å². The molecule has 0 aromatic heterocycles. The van der Waals surface area contributed by atoms with E-state index >= 15 is 0 Å². The van der Waals surface area contributed by atoms with E-state index in [9.17, 15) is 9.59 Å². The molecule has 0 radical (unpaired) electrons. The number of carbonyl (C=O) groups is 2. The van der Waals surface area contributed by atoms with Gasteiger partial charge in [0.1, 0.15) is 0 Å². The summed E-state index contributed by atoms with van der Waals surface area (Å²) in [4.78, 5) is 21.1. The highest BCUT2D eigenvalue weighted by Gasteiger charge is 1.93. The van der Waals surface area contributed by atoms with Crippen molar-refractivity contribution in [2.24, 2.45) is 0 Å². The highest BCUT2D eigenvalue weighted by atomic mass is 32.2. The van der Waals surface area contributed by atoms with E-state index in [-0.39, 0.29) is 10.2 Å². The van der Waals surface area contributed by atoms with Gasteiger partial charge in [-0.3, -0.25) is 9.59 Å². The average molecular weight is 176 g/mol. The fourth-order valence-electron chi connectivity index (χ4n) is 0.272. The van der Waals surface area contributed by atoms with Crippen molar-refractivity contribution in [1.29, 1.82) is 0 Å². The minimum atomic E-state index is -0.0950. The van der Waals surface area contributed by atoms with Crippen LogP contribution in [0.4, 0.5) is 0 Å². The number of carbonyl (C=O) groups excluding carboxylic acids is 2. The summed E-state index contributed by atoms with van der Waals surface area (Å²) in [6, 6.07) is 0. The largest absolute Gasteiger partial charge is 0.282 e. The van der Waals surface area contributed by atoms with E-state index in [4.69, 9.17) is 0 Å². The molecule has 4 heteroatoms. The lowest BCUT2D eigenvalue weighted by atomic mass is 10.5. The van der Waals surface area contributed by atoms with Crippen LogP contribution in [-0.4, -0.2) is 22.7 Å². The van der Waals surface area contributed by atoms with E-state index in [1.807, 2.05) is 0 Å². The molecule has 0 fully saturated rings. The Hall–Kier alpha value is -0.220. The lowest BCUT2D eigenvalue weighted by molar-refractivity contribution is -0.109. The van der Waals surface area contributed by atoms with E-state index in [0.29, 0.717) is 0 Å². The first kappa shape index (κ1) is 9.78. The van der Waals surface area contributed by atoms with Gasteiger partial charge in [-0.15, -0.1) is 0 Å². The first-order valence-corrected chi connectivity index (χ1v) is 4.99. The molecule has 0 saturated carbocycles. The lowest BCUT2D eigenvalue weighted by Crippen LogP contribution is -1.86. The second-order valence-electron chi connectivity index (χ2n) is 1.38. The fraction of sp³-hybridized carbons (Fsp3) is 0.333. The lowest BCUT2D eigenvalue weighted by Gasteiger charge is -1.83. The van der Waals surface area contributed by atoms with Crippen LogP contribution in [0.3, 0.4) is 0 Å². The third-order valence-corrected chi connectivity index (χ3v) is 1.83. The maximum absolute atomic E-state index is 10.5. The van der Waals surface area contributed by atoms with E-state index in [2.05, 4.69) is 0 Å². The molecular weight excluding hydrogens is 168 g/mol. The number of hydrogen-bond acceptors (Lipinski definition) is 4. The van der Waals surface area contributed by atoms with Crippen LogP contribution < -0.4 is 0 Å². The van der Waals surface area contributed by atoms with Crippen molar-refractivity contribution in [1.82, 2.24) is 0 Å². The summed E-state index contributed by atoms with van der Waals surface area (Å²) < 4.78 is 0. The molecule has 0 aromatic carbocycles. The smallest absolute Gasteiger partial charge is 0.212 e. The Morgan fingerprint density at radius 3 is 1.50 bits per heavy atom. The zero-order chi connectivity index (χ0) is 7.98. The minimum Gasteiger partial charge on any atom is -0.282 e. The van der Waals surface area contributed by atoms with Gasteiger partial charge >= 0.3 is 0 Å². The van der Waals surface area contributed by atoms with Gasteiger partial charge in [0.25, 0.3) is 0 Å². The van der Waals surface area contributed by atoms with Crippen LogP contribution in [0, 0.1) is 0 Å². The van der Waals surface area contributed by atoms with Gasteiger partial charge in [0.15, 0.2) is 0 Å². The summed E-state index contributed by atoms with van der Waals surface area (Å²) in [7, 11) is 0. The Bertz CT molecular complexity index is 145. The Morgan fingerprint density at radius 2 is 1.30 bits per heavy atom. The average Bonchev–Trinajstić information content (AvgIpc) is 1.99. The third-order valence-electron chi connectivity index (χ3n) is 0.758. The molecule has 0 aliphatic heterocycles. The van der Waals surface area contributed by atoms with Gasteiger partial charge in [-0.05, 0) is 24.7 Å². The maximum Gasteiger partial charge on any atom is 0.212 e. The van der Waals surface area contributed by atoms with Crippen molar-refractivity contribution in [3.05, 3.63) is 12.2 Å². The number of thioether (sulfide) groups is 2. The molecule has 0 heterocycles. The van der Waals surface area contributed by atoms with E-state index in [1.165, 1.54) is 12.2 Å². The fourth-order valence-corrected chi connectivity index (χ4v) is 0.680. The topological polar surface area (TPSA) is 34.1 Å². The van der Waals surface area contributed by atoms with Crippen LogP contribution in [0.1, 0.15) is 0 Å². The van der Waals surface area contributed by atoms with Crippen molar-refractivity contribution >= 4 is 33.8 Å². The highest BCUT2D eigenvalue weighted by molar-refractivity contribution is 8.14. The predicted molar refractivity (Wildman–Crippen MR) is 46.2 cm³/mol. The van der Waals surface area contributed by atoms with Crippen LogP contribution in [0.25, 0.3) is 0 Å². The molecule has 0 aromatic rings. The maximum atomic E-state index is 10.5. The van der Waals surface area contributed by atoms with E-state index < -0.39 is 0 Å². The summed E-state index contributed by atoms with van der Waals surface area (Å²) in [5.41, 5.74) is 0. The third kappa shape index (κ3) is 4.64. The molecule has 2 nitrogen and oxygen atoms in total. The predicted octanol–water partition coefficient (Wildman–Crippen LogP) is 1.32. The van der Waals surface area contributed by atoms with Crippen LogP contribution >= 0.6 is 23.5 Å². The molecular formula is C6H8O2S2. The van der Waals surface area contributed by atoms with Crippen molar-refractivity contribution in [2.45, 2.75) is 0 Å². The molecule has 0 bridgehead atoms. The Kier molecular flexibility index (Phi) is 5.43. The van der Waals surface area contributed by atoms with Crippen LogP contribution in [0.5, 0.6) is 0 Å². The summed E-state index contributed by atoms with van der Waals surface area (Å²) in [6.07, 6.45) is 5.92. The van der Waals surface area contributed by atoms with Gasteiger partial charge in [-0.2, -0.15) is 0 Å². The summed E-state index contributed by atoms with van der Waals surface area (Å²) >= 11 is 2.18. The SMILES string of the molecule is CSC(=O)/C=C\C(=O)SC. The highest BCUT2D eigenvalue weighted by Crippen LogP contribution is 1.99.